The first-order valence-electron chi connectivity index (χ1n) is 13.9. The maximum Gasteiger partial charge on any atom is 0.0406 e. The second-order valence-corrected chi connectivity index (χ2v) is 10.7. The topological polar surface area (TPSA) is 0 Å². The highest BCUT2D eigenvalue weighted by atomic mass is 35.5. The van der Waals surface area contributed by atoms with Crippen LogP contribution in [0.15, 0.2) is 164 Å². The summed E-state index contributed by atoms with van der Waals surface area (Å²) in [5, 5.41) is 3.19. The first-order chi connectivity index (χ1) is 20.3. The van der Waals surface area contributed by atoms with Crippen molar-refractivity contribution in [3.05, 3.63) is 169 Å². The van der Waals surface area contributed by atoms with Crippen LogP contribution in [0.2, 0.25) is 5.02 Å². The van der Waals surface area contributed by atoms with E-state index < -0.39 is 0 Å². The summed E-state index contributed by atoms with van der Waals surface area (Å²) in [7, 11) is 0. The minimum absolute atomic E-state index is 0.741. The Morgan fingerprint density at radius 3 is 1.07 bits per heavy atom. The zero-order valence-corrected chi connectivity index (χ0v) is 23.2. The molecule has 0 nitrogen and oxygen atoms in total. The molecule has 0 unspecified atom stereocenters. The summed E-state index contributed by atoms with van der Waals surface area (Å²) in [6.45, 7) is 0. The SMILES string of the molecule is Clc1ccc(-c2ccc3c(-c4ccccc4)c(-c4ccccc4)c(-c4ccccc4)c(-c4ccccc4)c3c2)cc1. The lowest BCUT2D eigenvalue weighted by atomic mass is 9.78. The molecule has 0 N–H and O–H groups in total. The van der Waals surface area contributed by atoms with Gasteiger partial charge in [0.05, 0.1) is 0 Å². The van der Waals surface area contributed by atoms with E-state index in [1.54, 1.807) is 0 Å². The zero-order chi connectivity index (χ0) is 27.6. The second-order valence-electron chi connectivity index (χ2n) is 10.2. The van der Waals surface area contributed by atoms with Gasteiger partial charge >= 0.3 is 0 Å². The van der Waals surface area contributed by atoms with Crippen molar-refractivity contribution in [1.82, 2.24) is 0 Å². The summed E-state index contributed by atoms with van der Waals surface area (Å²) in [5.41, 5.74) is 12.1. The van der Waals surface area contributed by atoms with Crippen molar-refractivity contribution < 1.29 is 0 Å². The summed E-state index contributed by atoms with van der Waals surface area (Å²) >= 11 is 6.25. The maximum atomic E-state index is 6.25. The molecule has 0 saturated heterocycles. The Morgan fingerprint density at radius 1 is 0.268 bits per heavy atom. The molecule has 41 heavy (non-hydrogen) atoms. The van der Waals surface area contributed by atoms with Gasteiger partial charge in [0, 0.05) is 5.02 Å². The molecule has 7 aromatic rings. The fourth-order valence-electron chi connectivity index (χ4n) is 5.91. The van der Waals surface area contributed by atoms with Crippen LogP contribution in [-0.4, -0.2) is 0 Å². The lowest BCUT2D eigenvalue weighted by Crippen LogP contribution is -1.97. The molecule has 0 aromatic heterocycles. The van der Waals surface area contributed by atoms with Crippen molar-refractivity contribution in [2.45, 2.75) is 0 Å². The maximum absolute atomic E-state index is 6.25. The van der Waals surface area contributed by atoms with Crippen LogP contribution < -0.4 is 0 Å². The summed E-state index contributed by atoms with van der Waals surface area (Å²) in [5.74, 6) is 0. The van der Waals surface area contributed by atoms with Crippen LogP contribution in [0.5, 0.6) is 0 Å². The quantitative estimate of drug-likeness (QED) is 0.203. The second kappa shape index (κ2) is 10.9. The Balaban J connectivity index is 1.71. The molecule has 0 radical (unpaired) electrons. The number of rotatable bonds is 5. The van der Waals surface area contributed by atoms with Gasteiger partial charge in [-0.2, -0.15) is 0 Å². The molecule has 0 aliphatic carbocycles. The lowest BCUT2D eigenvalue weighted by molar-refractivity contribution is 1.56. The van der Waals surface area contributed by atoms with E-state index in [9.17, 15) is 0 Å². The largest absolute Gasteiger partial charge is 0.0843 e. The molecule has 0 fully saturated rings. The van der Waals surface area contributed by atoms with E-state index in [1.807, 2.05) is 12.1 Å². The van der Waals surface area contributed by atoms with Crippen molar-refractivity contribution in [2.75, 3.05) is 0 Å². The molecular weight excluding hydrogens is 516 g/mol. The van der Waals surface area contributed by atoms with Gasteiger partial charge in [-0.3, -0.25) is 0 Å². The average molecular weight is 543 g/mol. The van der Waals surface area contributed by atoms with Crippen LogP contribution >= 0.6 is 11.6 Å². The van der Waals surface area contributed by atoms with Crippen molar-refractivity contribution in [1.29, 1.82) is 0 Å². The van der Waals surface area contributed by atoms with Gasteiger partial charge in [0.2, 0.25) is 0 Å². The normalized spacial score (nSPS) is 11.0. The number of fused-ring (bicyclic) bond motifs is 1. The third kappa shape index (κ3) is 4.73. The highest BCUT2D eigenvalue weighted by Crippen LogP contribution is 2.51. The minimum Gasteiger partial charge on any atom is -0.0843 e. The number of halogens is 1. The van der Waals surface area contributed by atoms with Gasteiger partial charge in [0.15, 0.2) is 0 Å². The molecular formula is C40H27Cl. The number of hydrogen-bond donors (Lipinski definition) is 0. The molecule has 0 heterocycles. The highest BCUT2D eigenvalue weighted by molar-refractivity contribution is 6.30. The van der Waals surface area contributed by atoms with E-state index in [1.165, 1.54) is 55.3 Å². The Labute approximate surface area is 246 Å². The molecule has 0 saturated carbocycles. The van der Waals surface area contributed by atoms with E-state index >= 15 is 0 Å². The van der Waals surface area contributed by atoms with Gasteiger partial charge in [0.25, 0.3) is 0 Å². The minimum atomic E-state index is 0.741. The predicted octanol–water partition coefficient (Wildman–Crippen LogP) is 11.8. The third-order valence-electron chi connectivity index (χ3n) is 7.74. The van der Waals surface area contributed by atoms with Crippen LogP contribution in [0.4, 0.5) is 0 Å². The van der Waals surface area contributed by atoms with Crippen LogP contribution in [0.3, 0.4) is 0 Å². The van der Waals surface area contributed by atoms with Gasteiger partial charge < -0.3 is 0 Å². The molecule has 194 valence electrons. The van der Waals surface area contributed by atoms with Crippen molar-refractivity contribution in [2.24, 2.45) is 0 Å². The molecule has 7 rings (SSSR count). The van der Waals surface area contributed by atoms with E-state index in [0.29, 0.717) is 0 Å². The summed E-state index contributed by atoms with van der Waals surface area (Å²) in [6.07, 6.45) is 0. The van der Waals surface area contributed by atoms with Crippen molar-refractivity contribution in [3.8, 4) is 55.6 Å². The van der Waals surface area contributed by atoms with Crippen LogP contribution in [-0.2, 0) is 0 Å². The van der Waals surface area contributed by atoms with E-state index in [0.717, 1.165) is 16.1 Å². The summed E-state index contributed by atoms with van der Waals surface area (Å²) in [4.78, 5) is 0. The molecule has 0 spiro atoms. The predicted molar refractivity (Wildman–Crippen MR) is 176 cm³/mol. The van der Waals surface area contributed by atoms with Crippen LogP contribution in [0.25, 0.3) is 66.4 Å². The van der Waals surface area contributed by atoms with Gasteiger partial charge in [0.1, 0.15) is 0 Å². The molecule has 0 aliphatic rings. The molecule has 0 aliphatic heterocycles. The average Bonchev–Trinajstić information content (AvgIpc) is 3.05. The Kier molecular flexibility index (Phi) is 6.69. The number of hydrogen-bond acceptors (Lipinski definition) is 0. The molecule has 0 bridgehead atoms. The smallest absolute Gasteiger partial charge is 0.0406 e. The Morgan fingerprint density at radius 2 is 0.634 bits per heavy atom. The van der Waals surface area contributed by atoms with Gasteiger partial charge in [-0.15, -0.1) is 0 Å². The standard InChI is InChI=1S/C40H27Cl/c41-34-24-21-28(22-25-34)33-23-26-35-36(27-33)38(30-15-7-2-8-16-30)40(32-19-11-4-12-20-32)39(31-17-9-3-10-18-31)37(35)29-13-5-1-6-14-29/h1-27H. The first kappa shape index (κ1) is 25.1. The van der Waals surface area contributed by atoms with Gasteiger partial charge in [-0.25, -0.2) is 0 Å². The van der Waals surface area contributed by atoms with Gasteiger partial charge in [-0.05, 0) is 84.6 Å². The molecule has 0 atom stereocenters. The molecule has 0 amide bonds. The van der Waals surface area contributed by atoms with Gasteiger partial charge in [-0.1, -0.05) is 157 Å². The fourth-order valence-corrected chi connectivity index (χ4v) is 6.03. The third-order valence-corrected chi connectivity index (χ3v) is 7.99. The molecule has 1 heteroatoms. The lowest BCUT2D eigenvalue weighted by Gasteiger charge is -2.24. The number of benzene rings is 7. The van der Waals surface area contributed by atoms with Crippen LogP contribution in [0.1, 0.15) is 0 Å². The van der Waals surface area contributed by atoms with E-state index in [2.05, 4.69) is 152 Å². The van der Waals surface area contributed by atoms with E-state index in [4.69, 9.17) is 11.6 Å². The monoisotopic (exact) mass is 542 g/mol. The first-order valence-corrected chi connectivity index (χ1v) is 14.3. The highest BCUT2D eigenvalue weighted by Gasteiger charge is 2.24. The Hall–Kier alpha value is -4.91. The van der Waals surface area contributed by atoms with Crippen LogP contribution in [0, 0.1) is 0 Å². The fraction of sp³-hybridized carbons (Fsp3) is 0. The summed E-state index contributed by atoms with van der Waals surface area (Å²) < 4.78 is 0. The van der Waals surface area contributed by atoms with E-state index in [-0.39, 0.29) is 0 Å². The van der Waals surface area contributed by atoms with Crippen molar-refractivity contribution >= 4 is 22.4 Å². The molecule has 7 aromatic carbocycles. The van der Waals surface area contributed by atoms with Crippen molar-refractivity contribution in [3.63, 3.8) is 0 Å². The summed E-state index contributed by atoms with van der Waals surface area (Å²) in [6, 6.07) is 58.3. The zero-order valence-electron chi connectivity index (χ0n) is 22.5. The Bertz CT molecular complexity index is 1940.